The number of hydrogen-bond donors (Lipinski definition) is 3. The Balaban J connectivity index is 1.42. The third-order valence-electron chi connectivity index (χ3n) is 5.06. The number of aliphatic hydroxyl groups is 1. The van der Waals surface area contributed by atoms with Crippen molar-refractivity contribution in [2.75, 3.05) is 32.7 Å². The van der Waals surface area contributed by atoms with Crippen LogP contribution in [0.4, 0.5) is 0 Å². The van der Waals surface area contributed by atoms with Crippen molar-refractivity contribution in [3.63, 3.8) is 0 Å². The number of para-hydroxylation sites is 1. The molecule has 0 radical (unpaired) electrons. The summed E-state index contributed by atoms with van der Waals surface area (Å²) in [7, 11) is -3.14. The van der Waals surface area contributed by atoms with Gasteiger partial charge >= 0.3 is 0 Å². The van der Waals surface area contributed by atoms with Gasteiger partial charge in [0.25, 0.3) is 7.37 Å². The normalized spacial score (nSPS) is 13.7. The number of benzene rings is 3. The van der Waals surface area contributed by atoms with Crippen molar-refractivity contribution in [1.29, 1.82) is 0 Å². The van der Waals surface area contributed by atoms with E-state index < -0.39 is 13.5 Å². The van der Waals surface area contributed by atoms with Gasteiger partial charge < -0.3 is 29.5 Å². The van der Waals surface area contributed by atoms with Crippen molar-refractivity contribution in [2.24, 2.45) is 0 Å². The Bertz CT molecular complexity index is 1030. The highest BCUT2D eigenvalue weighted by Gasteiger charge is 2.26. The SMILES string of the molecule is CCOP(=O)(COc1ccccc1)c1ccc(CCNCC(O)COc2ccc(O)cc2)cc1. The van der Waals surface area contributed by atoms with E-state index in [1.807, 2.05) is 61.5 Å². The van der Waals surface area contributed by atoms with E-state index in [0.717, 1.165) is 12.0 Å². The number of aromatic hydroxyl groups is 1. The van der Waals surface area contributed by atoms with Crippen molar-refractivity contribution in [3.8, 4) is 17.2 Å². The van der Waals surface area contributed by atoms with Gasteiger partial charge in [-0.25, -0.2) is 0 Å². The minimum atomic E-state index is -3.14. The molecule has 0 aromatic heterocycles. The van der Waals surface area contributed by atoms with E-state index >= 15 is 0 Å². The van der Waals surface area contributed by atoms with E-state index in [1.165, 1.54) is 12.1 Å². The first-order chi connectivity index (χ1) is 16.5. The largest absolute Gasteiger partial charge is 0.508 e. The van der Waals surface area contributed by atoms with E-state index in [-0.39, 0.29) is 18.7 Å². The predicted octanol–water partition coefficient (Wildman–Crippen LogP) is 3.94. The third-order valence-corrected chi connectivity index (χ3v) is 7.29. The fourth-order valence-electron chi connectivity index (χ4n) is 3.26. The Morgan fingerprint density at radius 2 is 1.59 bits per heavy atom. The van der Waals surface area contributed by atoms with Gasteiger partial charge in [-0.1, -0.05) is 30.3 Å². The van der Waals surface area contributed by atoms with Crippen LogP contribution in [0.1, 0.15) is 12.5 Å². The molecule has 0 bridgehead atoms. The topological polar surface area (TPSA) is 97.3 Å². The quantitative estimate of drug-likeness (QED) is 0.235. The molecule has 0 heterocycles. The number of aliphatic hydroxyl groups excluding tert-OH is 1. The number of phenolic OH excluding ortho intramolecular Hbond substituents is 1. The van der Waals surface area contributed by atoms with Crippen LogP contribution in [-0.2, 0) is 15.5 Å². The molecule has 0 amide bonds. The smallest absolute Gasteiger partial charge is 0.268 e. The maximum absolute atomic E-state index is 13.4. The van der Waals surface area contributed by atoms with Crippen molar-refractivity contribution in [1.82, 2.24) is 5.32 Å². The van der Waals surface area contributed by atoms with Crippen LogP contribution in [0.5, 0.6) is 17.2 Å². The van der Waals surface area contributed by atoms with Gasteiger partial charge in [0.2, 0.25) is 0 Å². The highest BCUT2D eigenvalue weighted by Crippen LogP contribution is 2.45. The molecule has 0 aliphatic carbocycles. The molecule has 34 heavy (non-hydrogen) atoms. The summed E-state index contributed by atoms with van der Waals surface area (Å²) in [6, 6.07) is 23.2. The number of nitrogens with one attached hydrogen (secondary N) is 1. The second-order valence-electron chi connectivity index (χ2n) is 7.76. The fraction of sp³-hybridized carbons (Fsp3) is 0.308. The highest BCUT2D eigenvalue weighted by atomic mass is 31.2. The van der Waals surface area contributed by atoms with Crippen LogP contribution in [-0.4, -0.2) is 49.0 Å². The lowest BCUT2D eigenvalue weighted by atomic mass is 10.1. The first kappa shape index (κ1) is 25.8. The van der Waals surface area contributed by atoms with E-state index in [4.69, 9.17) is 14.0 Å². The molecule has 3 N–H and O–H groups in total. The maximum atomic E-state index is 13.4. The van der Waals surface area contributed by atoms with Gasteiger partial charge in [0.15, 0.2) is 6.35 Å². The molecule has 0 saturated heterocycles. The summed E-state index contributed by atoms with van der Waals surface area (Å²) in [6.45, 7) is 3.38. The van der Waals surface area contributed by atoms with Gasteiger partial charge in [-0.05, 0) is 74.0 Å². The summed E-state index contributed by atoms with van der Waals surface area (Å²) in [6.07, 6.45) is 0.0825. The van der Waals surface area contributed by atoms with Crippen LogP contribution in [0.3, 0.4) is 0 Å². The molecule has 0 aliphatic heterocycles. The molecule has 3 aromatic carbocycles. The van der Waals surface area contributed by atoms with E-state index in [9.17, 15) is 14.8 Å². The number of ether oxygens (including phenoxy) is 2. The highest BCUT2D eigenvalue weighted by molar-refractivity contribution is 7.66. The second-order valence-corrected chi connectivity index (χ2v) is 10.1. The molecular weight excluding hydrogens is 453 g/mol. The Labute approximate surface area is 200 Å². The second kappa shape index (κ2) is 13.2. The molecule has 2 atom stereocenters. The van der Waals surface area contributed by atoms with Crippen LogP contribution < -0.4 is 20.1 Å². The number of hydrogen-bond acceptors (Lipinski definition) is 7. The lowest BCUT2D eigenvalue weighted by Crippen LogP contribution is -2.32. The number of rotatable bonds is 14. The molecule has 7 nitrogen and oxygen atoms in total. The Kier molecular flexibility index (Phi) is 9.98. The predicted molar refractivity (Wildman–Crippen MR) is 133 cm³/mol. The zero-order valence-corrected chi connectivity index (χ0v) is 20.2. The fourth-order valence-corrected chi connectivity index (χ4v) is 4.97. The summed E-state index contributed by atoms with van der Waals surface area (Å²) in [5, 5.41) is 23.2. The lowest BCUT2D eigenvalue weighted by molar-refractivity contribution is 0.106. The molecule has 0 saturated carbocycles. The molecule has 0 fully saturated rings. The van der Waals surface area contributed by atoms with Crippen LogP contribution in [0, 0.1) is 0 Å². The van der Waals surface area contributed by atoms with Crippen LogP contribution in [0.2, 0.25) is 0 Å². The molecule has 3 aromatic rings. The summed E-state index contributed by atoms with van der Waals surface area (Å²) < 4.78 is 30.3. The van der Waals surface area contributed by atoms with Gasteiger partial charge in [-0.2, -0.15) is 0 Å². The van der Waals surface area contributed by atoms with Crippen LogP contribution in [0.15, 0.2) is 78.9 Å². The first-order valence-corrected chi connectivity index (χ1v) is 13.1. The van der Waals surface area contributed by atoms with E-state index in [1.54, 1.807) is 12.1 Å². The van der Waals surface area contributed by atoms with Crippen LogP contribution >= 0.6 is 7.37 Å². The summed E-state index contributed by atoms with van der Waals surface area (Å²) >= 11 is 0. The molecule has 2 unspecified atom stereocenters. The summed E-state index contributed by atoms with van der Waals surface area (Å²) in [5.74, 6) is 1.42. The summed E-state index contributed by atoms with van der Waals surface area (Å²) in [4.78, 5) is 0. The molecule has 8 heteroatoms. The number of phenols is 1. The minimum Gasteiger partial charge on any atom is -0.508 e. The van der Waals surface area contributed by atoms with Crippen molar-refractivity contribution in [3.05, 3.63) is 84.4 Å². The standard InChI is InChI=1S/C26H32NO6P/c1-2-33-34(30,20-32-24-6-4-3-5-7-24)26-14-8-21(9-15-26)16-17-27-18-23(29)19-31-25-12-10-22(28)11-13-25/h3-15,23,27-29H,2,16-20H2,1H3. The maximum Gasteiger partial charge on any atom is 0.268 e. The van der Waals surface area contributed by atoms with Crippen LogP contribution in [0.25, 0.3) is 0 Å². The molecule has 0 spiro atoms. The van der Waals surface area contributed by atoms with E-state index in [0.29, 0.717) is 36.5 Å². The monoisotopic (exact) mass is 485 g/mol. The first-order valence-electron chi connectivity index (χ1n) is 11.3. The average molecular weight is 486 g/mol. The molecule has 3 rings (SSSR count). The third kappa shape index (κ3) is 8.19. The van der Waals surface area contributed by atoms with Crippen molar-refractivity contribution in [2.45, 2.75) is 19.4 Å². The molecule has 0 aliphatic rings. The van der Waals surface area contributed by atoms with Gasteiger partial charge in [0.1, 0.15) is 30.0 Å². The average Bonchev–Trinajstić information content (AvgIpc) is 2.86. The lowest BCUT2D eigenvalue weighted by Gasteiger charge is -2.19. The Morgan fingerprint density at radius 1 is 0.912 bits per heavy atom. The zero-order valence-electron chi connectivity index (χ0n) is 19.3. The molecular formula is C26H32NO6P. The van der Waals surface area contributed by atoms with E-state index in [2.05, 4.69) is 5.32 Å². The molecule has 182 valence electrons. The minimum absolute atomic E-state index is 0.0180. The van der Waals surface area contributed by atoms with Crippen molar-refractivity contribution < 1.29 is 28.8 Å². The Hall–Kier alpha value is -2.83. The zero-order chi connectivity index (χ0) is 24.2. The Morgan fingerprint density at radius 3 is 2.26 bits per heavy atom. The van der Waals surface area contributed by atoms with Gasteiger partial charge in [-0.15, -0.1) is 0 Å². The van der Waals surface area contributed by atoms with Gasteiger partial charge in [-0.3, -0.25) is 4.57 Å². The van der Waals surface area contributed by atoms with Gasteiger partial charge in [0.05, 0.1) is 6.61 Å². The summed E-state index contributed by atoms with van der Waals surface area (Å²) in [5.41, 5.74) is 1.08. The van der Waals surface area contributed by atoms with Crippen molar-refractivity contribution >= 4 is 12.7 Å². The van der Waals surface area contributed by atoms with Gasteiger partial charge in [0, 0.05) is 11.8 Å².